The molecular weight excluding hydrogens is 425 g/mol. The van der Waals surface area contributed by atoms with E-state index in [4.69, 9.17) is 19.1 Å². The Labute approximate surface area is 199 Å². The number of aryl methyl sites for hydroxylation is 2. The average molecular weight is 453 g/mol. The molecular formula is C26H28BN5O2. The van der Waals surface area contributed by atoms with E-state index in [1.54, 1.807) is 7.11 Å². The van der Waals surface area contributed by atoms with Crippen LogP contribution in [0.4, 0.5) is 5.82 Å². The molecule has 1 aromatic carbocycles. The van der Waals surface area contributed by atoms with Crippen molar-refractivity contribution in [2.45, 2.75) is 45.8 Å². The van der Waals surface area contributed by atoms with E-state index in [1.807, 2.05) is 44.2 Å². The third kappa shape index (κ3) is 3.75. The number of aromatic nitrogens is 3. The highest BCUT2D eigenvalue weighted by Gasteiger charge is 2.35. The Morgan fingerprint density at radius 3 is 2.65 bits per heavy atom. The smallest absolute Gasteiger partial charge is 0.275 e. The molecule has 0 spiro atoms. The minimum atomic E-state index is 0.0820. The highest BCUT2D eigenvalue weighted by atomic mass is 16.5. The molecule has 0 bridgehead atoms. The number of oxazole rings is 1. The van der Waals surface area contributed by atoms with Crippen LogP contribution in [0, 0.1) is 25.1 Å². The number of benzene rings is 1. The first-order chi connectivity index (χ1) is 16.4. The van der Waals surface area contributed by atoms with E-state index in [2.05, 4.69) is 29.7 Å². The molecule has 0 radical (unpaired) electrons. The summed E-state index contributed by atoms with van der Waals surface area (Å²) in [4.78, 5) is 16.6. The lowest BCUT2D eigenvalue weighted by atomic mass is 9.35. The minimum absolute atomic E-state index is 0.0820. The molecule has 1 saturated heterocycles. The van der Waals surface area contributed by atoms with Crippen molar-refractivity contribution >= 4 is 34.7 Å². The molecule has 7 nitrogen and oxygen atoms in total. The first-order valence-corrected chi connectivity index (χ1v) is 11.8. The van der Waals surface area contributed by atoms with Crippen molar-refractivity contribution < 1.29 is 9.15 Å². The van der Waals surface area contributed by atoms with Crippen molar-refractivity contribution in [1.29, 1.82) is 5.26 Å². The summed E-state index contributed by atoms with van der Waals surface area (Å²) in [5, 5.41) is 9.58. The lowest BCUT2D eigenvalue weighted by Crippen LogP contribution is -2.27. The zero-order chi connectivity index (χ0) is 24.0. The normalized spacial score (nSPS) is 15.9. The van der Waals surface area contributed by atoms with Gasteiger partial charge in [-0.3, -0.25) is 0 Å². The third-order valence-electron chi connectivity index (χ3n) is 6.91. The lowest BCUT2D eigenvalue weighted by molar-refractivity contribution is 0.414. The van der Waals surface area contributed by atoms with Gasteiger partial charge in [0.1, 0.15) is 17.1 Å². The van der Waals surface area contributed by atoms with Gasteiger partial charge in [-0.2, -0.15) is 0 Å². The summed E-state index contributed by atoms with van der Waals surface area (Å²) in [5.74, 6) is 5.57. The van der Waals surface area contributed by atoms with Gasteiger partial charge in [-0.05, 0) is 49.5 Å². The molecule has 1 atom stereocenters. The molecule has 172 valence electrons. The summed E-state index contributed by atoms with van der Waals surface area (Å²) in [6, 6.07) is 9.98. The van der Waals surface area contributed by atoms with Crippen LogP contribution in [0.2, 0.25) is 11.6 Å². The van der Waals surface area contributed by atoms with Crippen molar-refractivity contribution in [3.8, 4) is 23.0 Å². The maximum Gasteiger partial charge on any atom is 0.275 e. The number of hydrogen-bond acceptors (Lipinski definition) is 7. The summed E-state index contributed by atoms with van der Waals surface area (Å²) in [7, 11) is 1.67. The number of ether oxygens (including phenoxy) is 1. The number of fused-ring (bicyclic) bond motifs is 2. The van der Waals surface area contributed by atoms with Crippen molar-refractivity contribution in [1.82, 2.24) is 15.0 Å². The van der Waals surface area contributed by atoms with Crippen LogP contribution in [0.3, 0.4) is 0 Å². The number of rotatable bonds is 5. The fraction of sp³-hybridized carbons (Fsp3) is 0.385. The molecule has 1 aliphatic heterocycles. The summed E-state index contributed by atoms with van der Waals surface area (Å²) in [6.07, 6.45) is 1.02. The van der Waals surface area contributed by atoms with Crippen molar-refractivity contribution in [2.75, 3.05) is 25.1 Å². The quantitative estimate of drug-likeness (QED) is 0.363. The summed E-state index contributed by atoms with van der Waals surface area (Å²) < 4.78 is 11.5. The largest absolute Gasteiger partial charge is 0.496 e. The molecule has 0 saturated carbocycles. The molecule has 0 aliphatic carbocycles. The highest BCUT2D eigenvalue weighted by molar-refractivity contribution is 6.69. The number of nitriles is 1. The minimum Gasteiger partial charge on any atom is -0.496 e. The molecule has 4 heterocycles. The van der Waals surface area contributed by atoms with Gasteiger partial charge in [0.25, 0.3) is 6.71 Å². The van der Waals surface area contributed by atoms with Crippen LogP contribution in [0.25, 0.3) is 33.4 Å². The topological polar surface area (TPSA) is 88.1 Å². The second-order valence-corrected chi connectivity index (χ2v) is 9.46. The standard InChI is InChI=1S/C26H28BN5O2/c1-15(2)27(14-28)18-10-11-32(13-18)24-9-8-21-22(31-24)7-6-20(30-21)19-12-23-25(29-17(4)34-23)16(3)26(19)33-5/h6-9,12,15,18H,10-11,13H2,1-5H3. The Morgan fingerprint density at radius 2 is 1.91 bits per heavy atom. The molecule has 34 heavy (non-hydrogen) atoms. The number of anilines is 1. The first kappa shape index (κ1) is 22.2. The summed E-state index contributed by atoms with van der Waals surface area (Å²) in [6.45, 7) is 9.96. The van der Waals surface area contributed by atoms with Gasteiger partial charge in [-0.15, -0.1) is 0 Å². The Morgan fingerprint density at radius 1 is 1.15 bits per heavy atom. The second kappa shape index (κ2) is 8.64. The Kier molecular flexibility index (Phi) is 5.64. The van der Waals surface area contributed by atoms with Gasteiger partial charge in [0.05, 0.1) is 23.8 Å². The van der Waals surface area contributed by atoms with Crippen LogP contribution in [-0.4, -0.2) is 41.9 Å². The molecule has 5 rings (SSSR count). The highest BCUT2D eigenvalue weighted by Crippen LogP contribution is 2.38. The Bertz CT molecular complexity index is 1420. The first-order valence-electron chi connectivity index (χ1n) is 11.8. The van der Waals surface area contributed by atoms with E-state index in [9.17, 15) is 5.26 Å². The molecule has 0 N–H and O–H groups in total. The average Bonchev–Trinajstić information content (AvgIpc) is 3.45. The van der Waals surface area contributed by atoms with Gasteiger partial charge in [0.2, 0.25) is 0 Å². The number of nitrogens with zero attached hydrogens (tertiary/aromatic N) is 5. The Hall–Kier alpha value is -3.60. The predicted molar refractivity (Wildman–Crippen MR) is 136 cm³/mol. The predicted octanol–water partition coefficient (Wildman–Crippen LogP) is 5.61. The van der Waals surface area contributed by atoms with E-state index >= 15 is 0 Å². The zero-order valence-electron chi connectivity index (χ0n) is 20.3. The van der Waals surface area contributed by atoms with Gasteiger partial charge in [-0.25, -0.2) is 20.2 Å². The van der Waals surface area contributed by atoms with Crippen molar-refractivity contribution in [3.63, 3.8) is 0 Å². The Balaban J connectivity index is 1.47. The zero-order valence-corrected chi connectivity index (χ0v) is 20.3. The summed E-state index contributed by atoms with van der Waals surface area (Å²) >= 11 is 0. The number of hydrogen-bond donors (Lipinski definition) is 0. The molecule has 1 unspecified atom stereocenters. The SMILES string of the molecule is COc1c(-c2ccc3nc(N4CCC(B(C#N)C(C)C)C4)ccc3n2)cc2oc(C)nc2c1C. The van der Waals surface area contributed by atoms with Gasteiger partial charge < -0.3 is 14.1 Å². The van der Waals surface area contributed by atoms with E-state index in [0.29, 0.717) is 17.5 Å². The maximum absolute atomic E-state index is 9.58. The van der Waals surface area contributed by atoms with Crippen LogP contribution in [-0.2, 0) is 0 Å². The van der Waals surface area contributed by atoms with Crippen LogP contribution in [0.1, 0.15) is 31.7 Å². The molecule has 4 aromatic rings. The van der Waals surface area contributed by atoms with Gasteiger partial charge in [-0.1, -0.05) is 19.7 Å². The van der Waals surface area contributed by atoms with Gasteiger partial charge >= 0.3 is 0 Å². The van der Waals surface area contributed by atoms with E-state index in [0.717, 1.165) is 70.0 Å². The second-order valence-electron chi connectivity index (χ2n) is 9.46. The van der Waals surface area contributed by atoms with Gasteiger partial charge in [0.15, 0.2) is 11.5 Å². The van der Waals surface area contributed by atoms with Crippen molar-refractivity contribution in [2.24, 2.45) is 0 Å². The van der Waals surface area contributed by atoms with E-state index in [1.165, 1.54) is 0 Å². The van der Waals surface area contributed by atoms with E-state index < -0.39 is 0 Å². The lowest BCUT2D eigenvalue weighted by Gasteiger charge is -2.20. The fourth-order valence-electron chi connectivity index (χ4n) is 5.18. The monoisotopic (exact) mass is 453 g/mol. The van der Waals surface area contributed by atoms with Gasteiger partial charge in [0, 0.05) is 37.1 Å². The number of methoxy groups -OCH3 is 1. The molecule has 1 aliphatic rings. The maximum atomic E-state index is 9.58. The van der Waals surface area contributed by atoms with E-state index in [-0.39, 0.29) is 6.71 Å². The summed E-state index contributed by atoms with van der Waals surface area (Å²) in [5.41, 5.74) is 5.80. The number of pyridine rings is 2. The molecule has 0 amide bonds. The molecule has 8 heteroatoms. The van der Waals surface area contributed by atoms with Crippen LogP contribution in [0.15, 0.2) is 34.7 Å². The van der Waals surface area contributed by atoms with Crippen LogP contribution in [0.5, 0.6) is 5.75 Å². The fourth-order valence-corrected chi connectivity index (χ4v) is 5.18. The van der Waals surface area contributed by atoms with Crippen LogP contribution < -0.4 is 9.64 Å². The molecule has 1 fully saturated rings. The van der Waals surface area contributed by atoms with Crippen LogP contribution >= 0.6 is 0 Å². The third-order valence-corrected chi connectivity index (χ3v) is 6.91. The van der Waals surface area contributed by atoms with Crippen molar-refractivity contribution in [3.05, 3.63) is 41.8 Å². The molecule has 3 aromatic heterocycles.